The molecule has 1 N–H and O–H groups in total. The van der Waals surface area contributed by atoms with Gasteiger partial charge in [0.1, 0.15) is 9.84 Å². The van der Waals surface area contributed by atoms with Crippen LogP contribution in [0.1, 0.15) is 12.8 Å². The van der Waals surface area contributed by atoms with Gasteiger partial charge < -0.3 is 5.32 Å². The van der Waals surface area contributed by atoms with Gasteiger partial charge in [-0.25, -0.2) is 17.2 Å². The molecule has 0 bridgehead atoms. The zero-order valence-corrected chi connectivity index (χ0v) is 8.20. The molecule has 13 heavy (non-hydrogen) atoms. The third kappa shape index (κ3) is 2.17. The van der Waals surface area contributed by atoms with Gasteiger partial charge in [-0.1, -0.05) is 0 Å². The SMILES string of the molecule is CNC1(C(F)F)CCS(=O)(=O)CC1. The van der Waals surface area contributed by atoms with Crippen LogP contribution in [0.2, 0.25) is 0 Å². The minimum absolute atomic E-state index is 0.00347. The Bertz CT molecular complexity index is 262. The average molecular weight is 213 g/mol. The molecule has 0 aromatic carbocycles. The van der Waals surface area contributed by atoms with Crippen LogP contribution in [0.4, 0.5) is 8.78 Å². The van der Waals surface area contributed by atoms with Crippen LogP contribution >= 0.6 is 0 Å². The lowest BCUT2D eigenvalue weighted by Crippen LogP contribution is -2.54. The Morgan fingerprint density at radius 2 is 1.77 bits per heavy atom. The summed E-state index contributed by atoms with van der Waals surface area (Å²) in [6, 6.07) is 0. The van der Waals surface area contributed by atoms with Crippen LogP contribution in [0.3, 0.4) is 0 Å². The van der Waals surface area contributed by atoms with Crippen molar-refractivity contribution in [2.24, 2.45) is 0 Å². The lowest BCUT2D eigenvalue weighted by molar-refractivity contribution is 0.0280. The summed E-state index contributed by atoms with van der Waals surface area (Å²) in [7, 11) is -1.62. The summed E-state index contributed by atoms with van der Waals surface area (Å²) in [6.07, 6.45) is -2.50. The third-order valence-corrected chi connectivity index (χ3v) is 4.29. The van der Waals surface area contributed by atoms with Crippen molar-refractivity contribution in [1.29, 1.82) is 0 Å². The summed E-state index contributed by atoms with van der Waals surface area (Å²) < 4.78 is 47.1. The van der Waals surface area contributed by atoms with Gasteiger partial charge in [0, 0.05) is 0 Å². The van der Waals surface area contributed by atoms with E-state index < -0.39 is 21.8 Å². The molecule has 1 saturated heterocycles. The van der Waals surface area contributed by atoms with Gasteiger partial charge in [-0.2, -0.15) is 0 Å². The van der Waals surface area contributed by atoms with Crippen molar-refractivity contribution < 1.29 is 17.2 Å². The molecule has 0 saturated carbocycles. The standard InChI is InChI=1S/C7H13F2NO2S/c1-10-7(6(8)9)2-4-13(11,12)5-3-7/h6,10H,2-5H2,1H3. The minimum atomic E-state index is -3.07. The highest BCUT2D eigenvalue weighted by atomic mass is 32.2. The van der Waals surface area contributed by atoms with E-state index in [0.29, 0.717) is 0 Å². The minimum Gasteiger partial charge on any atom is -0.309 e. The number of nitrogens with one attached hydrogen (secondary N) is 1. The summed E-state index contributed by atoms with van der Waals surface area (Å²) in [4.78, 5) is 0. The smallest absolute Gasteiger partial charge is 0.256 e. The van der Waals surface area contributed by atoms with Crippen molar-refractivity contribution in [2.45, 2.75) is 24.8 Å². The number of rotatable bonds is 2. The van der Waals surface area contributed by atoms with E-state index >= 15 is 0 Å². The molecule has 1 heterocycles. The number of sulfone groups is 1. The summed E-state index contributed by atoms with van der Waals surface area (Å²) >= 11 is 0. The second-order valence-corrected chi connectivity index (χ2v) is 5.66. The molecule has 0 aromatic heterocycles. The van der Waals surface area contributed by atoms with Gasteiger partial charge in [0.05, 0.1) is 17.0 Å². The first-order valence-electron chi connectivity index (χ1n) is 4.09. The molecule has 0 radical (unpaired) electrons. The lowest BCUT2D eigenvalue weighted by atomic mass is 9.93. The first-order valence-corrected chi connectivity index (χ1v) is 5.91. The molecule has 0 unspecified atom stereocenters. The summed E-state index contributed by atoms with van der Waals surface area (Å²) in [5, 5.41) is 2.54. The summed E-state index contributed by atoms with van der Waals surface area (Å²) in [6.45, 7) is 0. The van der Waals surface area contributed by atoms with E-state index in [1.165, 1.54) is 7.05 Å². The van der Waals surface area contributed by atoms with Crippen molar-refractivity contribution in [3.05, 3.63) is 0 Å². The van der Waals surface area contributed by atoms with Crippen molar-refractivity contribution >= 4 is 9.84 Å². The molecule has 1 aliphatic rings. The van der Waals surface area contributed by atoms with Gasteiger partial charge in [-0.15, -0.1) is 0 Å². The summed E-state index contributed by atoms with van der Waals surface area (Å²) in [5.41, 5.74) is -1.29. The largest absolute Gasteiger partial charge is 0.309 e. The molecular weight excluding hydrogens is 200 g/mol. The van der Waals surface area contributed by atoms with Gasteiger partial charge >= 0.3 is 0 Å². The maximum Gasteiger partial charge on any atom is 0.256 e. The monoisotopic (exact) mass is 213 g/mol. The molecular formula is C7H13F2NO2S. The Labute approximate surface area is 76.4 Å². The first-order chi connectivity index (χ1) is 5.92. The van der Waals surface area contributed by atoms with Gasteiger partial charge in [-0.05, 0) is 19.9 Å². The van der Waals surface area contributed by atoms with Crippen LogP contribution in [0, 0.1) is 0 Å². The fraction of sp³-hybridized carbons (Fsp3) is 1.00. The van der Waals surface area contributed by atoms with Gasteiger partial charge in [0.15, 0.2) is 0 Å². The number of halogens is 2. The molecule has 3 nitrogen and oxygen atoms in total. The van der Waals surface area contributed by atoms with E-state index in [-0.39, 0.29) is 24.3 Å². The third-order valence-electron chi connectivity index (χ3n) is 2.63. The topological polar surface area (TPSA) is 46.2 Å². The van der Waals surface area contributed by atoms with Crippen molar-refractivity contribution in [1.82, 2.24) is 5.32 Å². The Morgan fingerprint density at radius 1 is 1.31 bits per heavy atom. The molecule has 0 aromatic rings. The fourth-order valence-corrected chi connectivity index (χ4v) is 3.03. The van der Waals surface area contributed by atoms with Crippen LogP contribution in [-0.2, 0) is 9.84 Å². The highest BCUT2D eigenvalue weighted by Crippen LogP contribution is 2.29. The zero-order valence-electron chi connectivity index (χ0n) is 7.39. The highest BCUT2D eigenvalue weighted by molar-refractivity contribution is 7.91. The Kier molecular flexibility index (Phi) is 2.91. The van der Waals surface area contributed by atoms with Gasteiger partial charge in [0.25, 0.3) is 6.43 Å². The van der Waals surface area contributed by atoms with Gasteiger partial charge in [-0.3, -0.25) is 0 Å². The highest BCUT2D eigenvalue weighted by Gasteiger charge is 2.43. The van der Waals surface area contributed by atoms with E-state index in [2.05, 4.69) is 5.32 Å². The van der Waals surface area contributed by atoms with Crippen molar-refractivity contribution in [3.63, 3.8) is 0 Å². The normalized spacial score (nSPS) is 26.2. The fourth-order valence-electron chi connectivity index (χ4n) is 1.48. The Morgan fingerprint density at radius 3 is 2.08 bits per heavy atom. The van der Waals surface area contributed by atoms with Crippen LogP contribution in [-0.4, -0.2) is 38.9 Å². The second-order valence-electron chi connectivity index (χ2n) is 3.36. The van der Waals surface area contributed by atoms with Crippen LogP contribution in [0.5, 0.6) is 0 Å². The van der Waals surface area contributed by atoms with Crippen molar-refractivity contribution in [2.75, 3.05) is 18.6 Å². The van der Waals surface area contributed by atoms with E-state index in [1.807, 2.05) is 0 Å². The molecule has 0 atom stereocenters. The average Bonchev–Trinajstić information content (AvgIpc) is 2.05. The zero-order chi connectivity index (χ0) is 10.1. The van der Waals surface area contributed by atoms with Crippen LogP contribution in [0.25, 0.3) is 0 Å². The molecule has 1 aliphatic heterocycles. The van der Waals surface area contributed by atoms with Crippen molar-refractivity contribution in [3.8, 4) is 0 Å². The Balaban J connectivity index is 2.75. The van der Waals surface area contributed by atoms with E-state index in [4.69, 9.17) is 0 Å². The molecule has 0 aliphatic carbocycles. The maximum atomic E-state index is 12.6. The molecule has 0 amide bonds. The maximum absolute atomic E-state index is 12.6. The number of hydrogen-bond donors (Lipinski definition) is 1. The Hall–Kier alpha value is -0.230. The first kappa shape index (κ1) is 10.8. The molecule has 0 spiro atoms. The second kappa shape index (κ2) is 3.49. The lowest BCUT2D eigenvalue weighted by Gasteiger charge is -2.35. The van der Waals surface area contributed by atoms with Crippen LogP contribution in [0.15, 0.2) is 0 Å². The number of alkyl halides is 2. The molecule has 78 valence electrons. The van der Waals surface area contributed by atoms with Crippen LogP contribution < -0.4 is 5.32 Å². The predicted molar refractivity (Wildman–Crippen MR) is 45.7 cm³/mol. The van der Waals surface area contributed by atoms with E-state index in [0.717, 1.165) is 0 Å². The summed E-state index contributed by atoms with van der Waals surface area (Å²) in [5.74, 6) is -0.281. The van der Waals surface area contributed by atoms with E-state index in [1.54, 1.807) is 0 Å². The van der Waals surface area contributed by atoms with Gasteiger partial charge in [0.2, 0.25) is 0 Å². The molecule has 6 heteroatoms. The molecule has 1 rings (SSSR count). The van der Waals surface area contributed by atoms with E-state index in [9.17, 15) is 17.2 Å². The quantitative estimate of drug-likeness (QED) is 0.723. The predicted octanol–water partition coefficient (Wildman–Crippen LogP) is 0.418. The molecule has 1 fully saturated rings. The number of hydrogen-bond acceptors (Lipinski definition) is 3.